The topological polar surface area (TPSA) is 96.4 Å². The third-order valence-corrected chi connectivity index (χ3v) is 12.7. The highest BCUT2D eigenvalue weighted by atomic mass is 32.2. The van der Waals surface area contributed by atoms with Crippen LogP contribution in [0.4, 0.5) is 4.79 Å². The van der Waals surface area contributed by atoms with Gasteiger partial charge in [0, 0.05) is 44.3 Å². The summed E-state index contributed by atoms with van der Waals surface area (Å²) in [6.45, 7) is 12.9. The summed E-state index contributed by atoms with van der Waals surface area (Å²) in [5, 5.41) is 9.54. The maximum Gasteiger partial charge on any atom is 0.306 e. The second-order valence-corrected chi connectivity index (χ2v) is 18.0. The van der Waals surface area contributed by atoms with E-state index in [0.717, 1.165) is 90.3 Å². The summed E-state index contributed by atoms with van der Waals surface area (Å²) in [6.07, 6.45) is 32.3. The third-order valence-electron chi connectivity index (χ3n) is 11.4. The van der Waals surface area contributed by atoms with Gasteiger partial charge >= 0.3 is 11.9 Å². The van der Waals surface area contributed by atoms with Crippen LogP contribution in [0.2, 0.25) is 0 Å². The number of unbranched alkanes of at least 4 members (excludes halogenated alkanes) is 16. The van der Waals surface area contributed by atoms with Crippen molar-refractivity contribution in [3.8, 4) is 0 Å². The number of esters is 2. The molecule has 0 aromatic rings. The fourth-order valence-electron chi connectivity index (χ4n) is 7.80. The SMILES string of the molecule is CCCCCCCC(CCCCCCC)OC(=O)CCCN(CCCC(=O)OC(CCCCCCC)CCCCCCC)C(=O)SC1CCN(CCCO)CC1. The Morgan fingerprint density at radius 3 is 1.30 bits per heavy atom. The molecule has 330 valence electrons. The summed E-state index contributed by atoms with van der Waals surface area (Å²) in [4.78, 5) is 44.3. The molecule has 0 unspecified atom stereocenters. The Kier molecular flexibility index (Phi) is 35.7. The maximum atomic E-state index is 13.8. The number of likely N-dealkylation sites (tertiary alicyclic amines) is 1. The highest BCUT2D eigenvalue weighted by molar-refractivity contribution is 8.14. The molecule has 1 saturated heterocycles. The highest BCUT2D eigenvalue weighted by Gasteiger charge is 2.25. The van der Waals surface area contributed by atoms with Crippen molar-refractivity contribution < 1.29 is 29.0 Å². The normalized spacial score (nSPS) is 13.8. The Morgan fingerprint density at radius 1 is 0.571 bits per heavy atom. The zero-order valence-corrected chi connectivity index (χ0v) is 38.0. The van der Waals surface area contributed by atoms with Crippen LogP contribution < -0.4 is 0 Å². The van der Waals surface area contributed by atoms with E-state index < -0.39 is 0 Å². The number of nitrogens with zero attached hydrogens (tertiary/aromatic N) is 2. The van der Waals surface area contributed by atoms with Crippen molar-refractivity contribution in [1.29, 1.82) is 0 Å². The number of carbonyl (C=O) groups excluding carboxylic acids is 3. The summed E-state index contributed by atoms with van der Waals surface area (Å²) in [5.74, 6) is -0.294. The van der Waals surface area contributed by atoms with Crippen LogP contribution in [-0.2, 0) is 19.1 Å². The number of ether oxygens (including phenoxy) is 2. The Labute approximate surface area is 350 Å². The molecule has 1 heterocycles. The standard InChI is InChI=1S/C47H90N2O6S/c1-5-9-13-17-21-28-42(29-22-18-14-10-6-2)54-45(51)32-25-37-49(47(53)56-44-34-39-48(40-35-44)36-27-41-50)38-26-33-46(52)55-43(30-23-19-15-11-7-3)31-24-20-16-12-8-4/h42-44,50H,5-41H2,1-4H3. The lowest BCUT2D eigenvalue weighted by atomic mass is 10.0. The molecule has 1 aliphatic rings. The van der Waals surface area contributed by atoms with E-state index in [9.17, 15) is 19.5 Å². The minimum absolute atomic E-state index is 0.00944. The van der Waals surface area contributed by atoms with E-state index in [1.54, 1.807) is 0 Å². The second kappa shape index (κ2) is 37.9. The Morgan fingerprint density at radius 2 is 0.946 bits per heavy atom. The molecule has 8 nitrogen and oxygen atoms in total. The summed E-state index contributed by atoms with van der Waals surface area (Å²) in [5.41, 5.74) is 0. The molecule has 0 atom stereocenters. The van der Waals surface area contributed by atoms with Crippen LogP contribution in [0.5, 0.6) is 0 Å². The van der Waals surface area contributed by atoms with E-state index in [1.807, 2.05) is 4.90 Å². The first-order valence-electron chi connectivity index (χ1n) is 24.0. The lowest BCUT2D eigenvalue weighted by Crippen LogP contribution is -2.38. The van der Waals surface area contributed by atoms with Gasteiger partial charge in [0.05, 0.1) is 0 Å². The second-order valence-electron chi connectivity index (χ2n) is 16.7. The first-order chi connectivity index (χ1) is 27.4. The Balaban J connectivity index is 2.77. The van der Waals surface area contributed by atoms with Gasteiger partial charge in [-0.05, 0) is 96.6 Å². The van der Waals surface area contributed by atoms with Crippen LogP contribution in [0, 0.1) is 0 Å². The lowest BCUT2D eigenvalue weighted by Gasteiger charge is -2.32. The summed E-state index contributed by atoms with van der Waals surface area (Å²) in [6, 6.07) is 0. The molecule has 0 bridgehead atoms. The Hall–Kier alpha value is -1.32. The van der Waals surface area contributed by atoms with Gasteiger partial charge in [-0.1, -0.05) is 142 Å². The van der Waals surface area contributed by atoms with Gasteiger partial charge in [-0.25, -0.2) is 0 Å². The van der Waals surface area contributed by atoms with Crippen molar-refractivity contribution in [2.45, 2.75) is 244 Å². The number of piperidine rings is 1. The molecule has 0 saturated carbocycles. The van der Waals surface area contributed by atoms with Crippen molar-refractivity contribution in [1.82, 2.24) is 9.80 Å². The van der Waals surface area contributed by atoms with Crippen LogP contribution in [0.25, 0.3) is 0 Å². The maximum absolute atomic E-state index is 13.8. The quantitative estimate of drug-likeness (QED) is 0.0486. The van der Waals surface area contributed by atoms with Crippen LogP contribution in [-0.4, -0.2) is 88.9 Å². The van der Waals surface area contributed by atoms with Crippen LogP contribution in [0.3, 0.4) is 0 Å². The predicted molar refractivity (Wildman–Crippen MR) is 237 cm³/mol. The minimum Gasteiger partial charge on any atom is -0.462 e. The smallest absolute Gasteiger partial charge is 0.306 e. The van der Waals surface area contributed by atoms with Crippen LogP contribution in [0.15, 0.2) is 0 Å². The zero-order valence-electron chi connectivity index (χ0n) is 37.2. The van der Waals surface area contributed by atoms with Crippen molar-refractivity contribution >= 4 is 28.9 Å². The average molecular weight is 811 g/mol. The molecule has 0 aromatic heterocycles. The molecule has 0 aromatic carbocycles. The van der Waals surface area contributed by atoms with Crippen LogP contribution >= 0.6 is 11.8 Å². The Bertz CT molecular complexity index is 850. The van der Waals surface area contributed by atoms with Crippen molar-refractivity contribution in [2.24, 2.45) is 0 Å². The molecule has 0 spiro atoms. The van der Waals surface area contributed by atoms with Crippen LogP contribution in [0.1, 0.15) is 227 Å². The summed E-state index contributed by atoms with van der Waals surface area (Å²) in [7, 11) is 0. The monoisotopic (exact) mass is 811 g/mol. The number of hydrogen-bond acceptors (Lipinski definition) is 8. The lowest BCUT2D eigenvalue weighted by molar-refractivity contribution is -0.150. The molecule has 1 aliphatic heterocycles. The summed E-state index contributed by atoms with van der Waals surface area (Å²) >= 11 is 1.43. The van der Waals surface area contributed by atoms with Gasteiger partial charge < -0.3 is 24.4 Å². The molecule has 56 heavy (non-hydrogen) atoms. The number of hydrogen-bond donors (Lipinski definition) is 1. The fraction of sp³-hybridized carbons (Fsp3) is 0.936. The van der Waals surface area contributed by atoms with Gasteiger partial charge in [0.2, 0.25) is 0 Å². The van der Waals surface area contributed by atoms with Gasteiger partial charge in [-0.15, -0.1) is 0 Å². The van der Waals surface area contributed by atoms with Gasteiger partial charge in [0.15, 0.2) is 0 Å². The molecule has 1 N–H and O–H groups in total. The van der Waals surface area contributed by atoms with Gasteiger partial charge in [0.25, 0.3) is 5.24 Å². The summed E-state index contributed by atoms with van der Waals surface area (Å²) < 4.78 is 12.2. The molecular formula is C47H90N2O6S. The molecule has 0 aliphatic carbocycles. The fourth-order valence-corrected chi connectivity index (χ4v) is 8.86. The van der Waals surface area contributed by atoms with E-state index in [2.05, 4.69) is 32.6 Å². The molecule has 1 fully saturated rings. The number of aliphatic hydroxyl groups is 1. The molecule has 0 radical (unpaired) electrons. The molecule has 1 rings (SSSR count). The number of carbonyl (C=O) groups is 3. The first kappa shape index (κ1) is 52.7. The number of rotatable bonds is 38. The van der Waals surface area contributed by atoms with Crippen molar-refractivity contribution in [3.63, 3.8) is 0 Å². The van der Waals surface area contributed by atoms with E-state index in [4.69, 9.17) is 9.47 Å². The van der Waals surface area contributed by atoms with E-state index in [-0.39, 0.29) is 41.2 Å². The number of thioether (sulfide) groups is 1. The zero-order chi connectivity index (χ0) is 40.9. The molecule has 1 amide bonds. The average Bonchev–Trinajstić information content (AvgIpc) is 3.19. The largest absolute Gasteiger partial charge is 0.462 e. The highest BCUT2D eigenvalue weighted by Crippen LogP contribution is 2.27. The van der Waals surface area contributed by atoms with E-state index in [1.165, 1.54) is 114 Å². The molecule has 9 heteroatoms. The van der Waals surface area contributed by atoms with E-state index in [0.29, 0.717) is 38.8 Å². The van der Waals surface area contributed by atoms with E-state index >= 15 is 0 Å². The third kappa shape index (κ3) is 29.8. The number of aliphatic hydroxyl groups excluding tert-OH is 1. The predicted octanol–water partition coefficient (Wildman–Crippen LogP) is 12.8. The number of amides is 1. The van der Waals surface area contributed by atoms with Crippen molar-refractivity contribution in [2.75, 3.05) is 39.3 Å². The van der Waals surface area contributed by atoms with Gasteiger partial charge in [-0.3, -0.25) is 14.4 Å². The molecular weight excluding hydrogens is 721 g/mol. The van der Waals surface area contributed by atoms with Gasteiger partial charge in [0.1, 0.15) is 12.2 Å². The first-order valence-corrected chi connectivity index (χ1v) is 24.9. The van der Waals surface area contributed by atoms with Crippen molar-refractivity contribution in [3.05, 3.63) is 0 Å². The van der Waals surface area contributed by atoms with Gasteiger partial charge in [-0.2, -0.15) is 0 Å². The minimum atomic E-state index is -0.147.